The minimum absolute atomic E-state index is 0.297. The van der Waals surface area contributed by atoms with E-state index in [-0.39, 0.29) is 0 Å². The van der Waals surface area contributed by atoms with Crippen LogP contribution < -0.4 is 19.7 Å². The Bertz CT molecular complexity index is 419. The van der Waals surface area contributed by atoms with Crippen LogP contribution in [0.1, 0.15) is 6.42 Å². The summed E-state index contributed by atoms with van der Waals surface area (Å²) in [5.74, 6) is 1.34. The topological polar surface area (TPSA) is 72.4 Å². The molecule has 0 amide bonds. The summed E-state index contributed by atoms with van der Waals surface area (Å²) in [5, 5.41) is 3.41. The van der Waals surface area contributed by atoms with Gasteiger partial charge in [0.15, 0.2) is 0 Å². The lowest BCUT2D eigenvalue weighted by Gasteiger charge is -2.23. The molecular weight excluding hydrogens is 234 g/mol. The molecule has 18 heavy (non-hydrogen) atoms. The van der Waals surface area contributed by atoms with Crippen molar-refractivity contribution >= 4 is 5.95 Å². The van der Waals surface area contributed by atoms with E-state index in [1.807, 2.05) is 0 Å². The quantitative estimate of drug-likeness (QED) is 0.789. The van der Waals surface area contributed by atoms with Crippen LogP contribution in [-0.4, -0.2) is 54.8 Å². The van der Waals surface area contributed by atoms with Crippen molar-refractivity contribution in [2.24, 2.45) is 5.92 Å². The van der Waals surface area contributed by atoms with Gasteiger partial charge in [0, 0.05) is 25.7 Å². The smallest absolute Gasteiger partial charge is 0.324 e. The summed E-state index contributed by atoms with van der Waals surface area (Å²) in [5.41, 5.74) is 0. The van der Waals surface area contributed by atoms with Crippen molar-refractivity contribution in [1.29, 1.82) is 0 Å². The maximum Gasteiger partial charge on any atom is 0.324 e. The van der Waals surface area contributed by atoms with Gasteiger partial charge in [-0.2, -0.15) is 9.97 Å². The van der Waals surface area contributed by atoms with Gasteiger partial charge in [-0.05, 0) is 12.3 Å². The zero-order valence-corrected chi connectivity index (χ0v) is 10.6. The van der Waals surface area contributed by atoms with Gasteiger partial charge in [0.05, 0.1) is 14.2 Å². The van der Waals surface area contributed by atoms with E-state index in [1.165, 1.54) is 6.42 Å². The molecule has 2 aliphatic rings. The molecule has 0 aromatic carbocycles. The maximum absolute atomic E-state index is 5.08. The summed E-state index contributed by atoms with van der Waals surface area (Å²) in [6, 6.07) is 1.07. The summed E-state index contributed by atoms with van der Waals surface area (Å²) in [6.07, 6.45) is 1.17. The first-order valence-corrected chi connectivity index (χ1v) is 6.13. The summed E-state index contributed by atoms with van der Waals surface area (Å²) in [6.45, 7) is 3.05. The van der Waals surface area contributed by atoms with Crippen LogP contribution in [0, 0.1) is 5.92 Å². The van der Waals surface area contributed by atoms with Gasteiger partial charge >= 0.3 is 12.0 Å². The van der Waals surface area contributed by atoms with E-state index in [1.54, 1.807) is 14.2 Å². The minimum Gasteiger partial charge on any atom is -0.467 e. The number of nitrogens with zero attached hydrogens (tertiary/aromatic N) is 4. The number of hydrogen-bond donors (Lipinski definition) is 1. The molecule has 0 bridgehead atoms. The normalized spacial score (nSPS) is 26.2. The molecule has 0 saturated carbocycles. The predicted octanol–water partition coefficient (Wildman–Crippen LogP) is -0.313. The van der Waals surface area contributed by atoms with Crippen molar-refractivity contribution in [3.05, 3.63) is 0 Å². The summed E-state index contributed by atoms with van der Waals surface area (Å²) in [4.78, 5) is 14.9. The molecule has 0 aliphatic carbocycles. The van der Waals surface area contributed by atoms with Crippen LogP contribution in [0.2, 0.25) is 0 Å². The molecule has 2 atom stereocenters. The molecular formula is C11H17N5O2. The molecule has 98 valence electrons. The number of hydrogen-bond acceptors (Lipinski definition) is 7. The average Bonchev–Trinajstić information content (AvgIpc) is 3.00. The molecule has 3 rings (SSSR count). The standard InChI is InChI=1S/C11H17N5O2/c1-17-10-13-9(14-11(15-10)18-2)16-4-3-7-5-12-6-8(7)16/h7-8,12H,3-6H2,1-2H3/t7-,8+/m0/s1. The Labute approximate surface area is 106 Å². The van der Waals surface area contributed by atoms with Crippen molar-refractivity contribution in [2.75, 3.05) is 38.8 Å². The van der Waals surface area contributed by atoms with Crippen LogP contribution in [0.3, 0.4) is 0 Å². The van der Waals surface area contributed by atoms with Crippen LogP contribution in [-0.2, 0) is 0 Å². The van der Waals surface area contributed by atoms with Gasteiger partial charge in [-0.15, -0.1) is 4.98 Å². The molecule has 2 saturated heterocycles. The van der Waals surface area contributed by atoms with E-state index >= 15 is 0 Å². The van der Waals surface area contributed by atoms with Gasteiger partial charge in [0.25, 0.3) is 0 Å². The molecule has 1 N–H and O–H groups in total. The average molecular weight is 251 g/mol. The Kier molecular flexibility index (Phi) is 2.91. The number of nitrogens with one attached hydrogen (secondary N) is 1. The first-order chi connectivity index (χ1) is 8.81. The monoisotopic (exact) mass is 251 g/mol. The first kappa shape index (κ1) is 11.5. The third-order valence-corrected chi connectivity index (χ3v) is 3.65. The van der Waals surface area contributed by atoms with Crippen molar-refractivity contribution in [2.45, 2.75) is 12.5 Å². The van der Waals surface area contributed by atoms with Gasteiger partial charge in [-0.3, -0.25) is 0 Å². The number of methoxy groups -OCH3 is 2. The highest BCUT2D eigenvalue weighted by Crippen LogP contribution is 2.30. The molecule has 0 unspecified atom stereocenters. The summed E-state index contributed by atoms with van der Waals surface area (Å²) < 4.78 is 10.2. The fourth-order valence-electron chi connectivity index (χ4n) is 2.74. The highest BCUT2D eigenvalue weighted by atomic mass is 16.5. The fraction of sp³-hybridized carbons (Fsp3) is 0.727. The molecule has 3 heterocycles. The first-order valence-electron chi connectivity index (χ1n) is 6.13. The van der Waals surface area contributed by atoms with Crippen LogP contribution >= 0.6 is 0 Å². The van der Waals surface area contributed by atoms with Gasteiger partial charge in [-0.1, -0.05) is 0 Å². The Hall–Kier alpha value is -1.63. The Morgan fingerprint density at radius 3 is 2.50 bits per heavy atom. The predicted molar refractivity (Wildman–Crippen MR) is 65.0 cm³/mol. The molecule has 0 spiro atoms. The van der Waals surface area contributed by atoms with Crippen LogP contribution in [0.25, 0.3) is 0 Å². The molecule has 2 aliphatic heterocycles. The Morgan fingerprint density at radius 2 is 1.83 bits per heavy atom. The van der Waals surface area contributed by atoms with E-state index in [0.717, 1.165) is 19.6 Å². The van der Waals surface area contributed by atoms with E-state index in [0.29, 0.717) is 29.9 Å². The van der Waals surface area contributed by atoms with E-state index in [4.69, 9.17) is 9.47 Å². The second kappa shape index (κ2) is 4.56. The van der Waals surface area contributed by atoms with Crippen LogP contribution in [0.4, 0.5) is 5.95 Å². The third-order valence-electron chi connectivity index (χ3n) is 3.65. The molecule has 2 fully saturated rings. The molecule has 1 aromatic heterocycles. The SMILES string of the molecule is COc1nc(OC)nc(N2CC[C@H]3CNC[C@H]32)n1. The van der Waals surface area contributed by atoms with E-state index in [9.17, 15) is 0 Å². The Morgan fingerprint density at radius 1 is 1.11 bits per heavy atom. The Balaban J connectivity index is 1.91. The number of ether oxygens (including phenoxy) is 2. The second-order valence-electron chi connectivity index (χ2n) is 4.58. The lowest BCUT2D eigenvalue weighted by Crippen LogP contribution is -2.35. The molecule has 7 heteroatoms. The molecule has 7 nitrogen and oxygen atoms in total. The van der Waals surface area contributed by atoms with E-state index in [2.05, 4.69) is 25.2 Å². The maximum atomic E-state index is 5.08. The largest absolute Gasteiger partial charge is 0.467 e. The molecule has 0 radical (unpaired) electrons. The fourth-order valence-corrected chi connectivity index (χ4v) is 2.74. The van der Waals surface area contributed by atoms with Crippen molar-refractivity contribution in [1.82, 2.24) is 20.3 Å². The summed E-state index contributed by atoms with van der Waals surface area (Å²) >= 11 is 0. The van der Waals surface area contributed by atoms with Crippen molar-refractivity contribution < 1.29 is 9.47 Å². The van der Waals surface area contributed by atoms with E-state index < -0.39 is 0 Å². The van der Waals surface area contributed by atoms with Gasteiger partial charge in [0.1, 0.15) is 0 Å². The van der Waals surface area contributed by atoms with Crippen LogP contribution in [0.15, 0.2) is 0 Å². The number of fused-ring (bicyclic) bond motifs is 1. The zero-order chi connectivity index (χ0) is 12.5. The lowest BCUT2D eigenvalue weighted by molar-refractivity contribution is 0.339. The number of anilines is 1. The second-order valence-corrected chi connectivity index (χ2v) is 4.58. The van der Waals surface area contributed by atoms with Crippen molar-refractivity contribution in [3.8, 4) is 12.0 Å². The zero-order valence-electron chi connectivity index (χ0n) is 10.6. The van der Waals surface area contributed by atoms with Crippen LogP contribution in [0.5, 0.6) is 12.0 Å². The lowest BCUT2D eigenvalue weighted by atomic mass is 10.1. The summed E-state index contributed by atoms with van der Waals surface area (Å²) in [7, 11) is 3.09. The van der Waals surface area contributed by atoms with Gasteiger partial charge < -0.3 is 19.7 Å². The van der Waals surface area contributed by atoms with Gasteiger partial charge in [0.2, 0.25) is 5.95 Å². The highest BCUT2D eigenvalue weighted by molar-refractivity contribution is 5.37. The minimum atomic E-state index is 0.297. The van der Waals surface area contributed by atoms with Gasteiger partial charge in [-0.25, -0.2) is 0 Å². The highest BCUT2D eigenvalue weighted by Gasteiger charge is 2.39. The number of rotatable bonds is 3. The van der Waals surface area contributed by atoms with Crippen molar-refractivity contribution in [3.63, 3.8) is 0 Å². The molecule has 1 aromatic rings. The number of aromatic nitrogens is 3. The third kappa shape index (κ3) is 1.84.